The fourth-order valence-electron chi connectivity index (χ4n) is 3.19. The Morgan fingerprint density at radius 1 is 1.14 bits per heavy atom. The molecular formula is C19H19N3O3S3. The van der Waals surface area contributed by atoms with Crippen molar-refractivity contribution in [3.8, 4) is 10.6 Å². The van der Waals surface area contributed by atoms with Crippen LogP contribution in [0.5, 0.6) is 0 Å². The molecular weight excluding hydrogens is 414 g/mol. The molecule has 2 aromatic heterocycles. The van der Waals surface area contributed by atoms with E-state index in [1.807, 2.05) is 22.9 Å². The summed E-state index contributed by atoms with van der Waals surface area (Å²) in [6, 6.07) is 12.3. The smallest absolute Gasteiger partial charge is 0.243 e. The third kappa shape index (κ3) is 4.02. The lowest BCUT2D eigenvalue weighted by molar-refractivity contribution is -0.120. The van der Waals surface area contributed by atoms with Gasteiger partial charge in [-0.1, -0.05) is 24.3 Å². The predicted octanol–water partition coefficient (Wildman–Crippen LogP) is 3.91. The average Bonchev–Trinajstić information content (AvgIpc) is 3.40. The van der Waals surface area contributed by atoms with Gasteiger partial charge in [0.15, 0.2) is 5.13 Å². The summed E-state index contributed by atoms with van der Waals surface area (Å²) >= 11 is 2.97. The van der Waals surface area contributed by atoms with Gasteiger partial charge in [0.2, 0.25) is 15.9 Å². The molecule has 1 N–H and O–H groups in total. The molecule has 0 spiro atoms. The third-order valence-corrected chi connectivity index (χ3v) is 8.17. The van der Waals surface area contributed by atoms with Crippen molar-refractivity contribution in [3.63, 3.8) is 0 Å². The number of amides is 1. The summed E-state index contributed by atoms with van der Waals surface area (Å²) in [6.45, 7) is 0.618. The van der Waals surface area contributed by atoms with Gasteiger partial charge in [0.05, 0.1) is 21.4 Å². The van der Waals surface area contributed by atoms with E-state index in [1.165, 1.54) is 15.6 Å². The highest BCUT2D eigenvalue weighted by molar-refractivity contribution is 7.89. The Hall–Kier alpha value is -2.07. The molecule has 3 heterocycles. The second kappa shape index (κ2) is 8.12. The number of thiophene rings is 1. The molecule has 1 fully saturated rings. The Kier molecular flexibility index (Phi) is 5.58. The van der Waals surface area contributed by atoms with E-state index in [-0.39, 0.29) is 23.3 Å². The molecule has 3 aromatic rings. The molecule has 1 amide bonds. The minimum absolute atomic E-state index is 0.181. The van der Waals surface area contributed by atoms with Crippen LogP contribution in [0.4, 0.5) is 5.13 Å². The zero-order chi connectivity index (χ0) is 19.6. The molecule has 1 aliphatic heterocycles. The molecule has 1 aliphatic rings. The normalized spacial score (nSPS) is 18.1. The molecule has 1 unspecified atom stereocenters. The minimum Gasteiger partial charge on any atom is -0.302 e. The molecule has 28 heavy (non-hydrogen) atoms. The number of aromatic nitrogens is 1. The first-order chi connectivity index (χ1) is 13.5. The van der Waals surface area contributed by atoms with Crippen molar-refractivity contribution in [2.75, 3.05) is 18.4 Å². The summed E-state index contributed by atoms with van der Waals surface area (Å²) < 4.78 is 27.1. The SMILES string of the molecule is O=C(Nc1nc(-c2cccs2)cs1)C1CCCN(S(=O)(=O)c2ccccc2)C1. The van der Waals surface area contributed by atoms with Gasteiger partial charge in [0.25, 0.3) is 0 Å². The maximum absolute atomic E-state index is 12.8. The van der Waals surface area contributed by atoms with E-state index in [2.05, 4.69) is 10.3 Å². The Morgan fingerprint density at radius 2 is 1.96 bits per heavy atom. The van der Waals surface area contributed by atoms with Crippen molar-refractivity contribution in [2.45, 2.75) is 17.7 Å². The molecule has 0 radical (unpaired) electrons. The molecule has 1 atom stereocenters. The van der Waals surface area contributed by atoms with E-state index >= 15 is 0 Å². The third-order valence-electron chi connectivity index (χ3n) is 4.64. The van der Waals surface area contributed by atoms with E-state index in [0.717, 1.165) is 10.6 Å². The number of benzene rings is 1. The van der Waals surface area contributed by atoms with Crippen LogP contribution in [0, 0.1) is 5.92 Å². The number of anilines is 1. The van der Waals surface area contributed by atoms with Gasteiger partial charge in [0, 0.05) is 18.5 Å². The quantitative estimate of drug-likeness (QED) is 0.662. The highest BCUT2D eigenvalue weighted by Gasteiger charge is 2.33. The Balaban J connectivity index is 1.44. The van der Waals surface area contributed by atoms with E-state index in [0.29, 0.717) is 24.5 Å². The Labute approximate surface area is 171 Å². The summed E-state index contributed by atoms with van der Waals surface area (Å²) in [7, 11) is -3.59. The monoisotopic (exact) mass is 433 g/mol. The summed E-state index contributed by atoms with van der Waals surface area (Å²) in [5, 5.41) is 7.29. The lowest BCUT2D eigenvalue weighted by Gasteiger charge is -2.31. The summed E-state index contributed by atoms with van der Waals surface area (Å²) in [4.78, 5) is 18.5. The highest BCUT2D eigenvalue weighted by Crippen LogP contribution is 2.29. The first-order valence-electron chi connectivity index (χ1n) is 8.89. The van der Waals surface area contributed by atoms with Gasteiger partial charge in [0.1, 0.15) is 0 Å². The molecule has 6 nitrogen and oxygen atoms in total. The number of hydrogen-bond acceptors (Lipinski definition) is 6. The number of carbonyl (C=O) groups excluding carboxylic acids is 1. The van der Waals surface area contributed by atoms with E-state index in [1.54, 1.807) is 41.7 Å². The van der Waals surface area contributed by atoms with Gasteiger partial charge in [-0.25, -0.2) is 13.4 Å². The van der Waals surface area contributed by atoms with Crippen LogP contribution in [-0.2, 0) is 14.8 Å². The van der Waals surface area contributed by atoms with Gasteiger partial charge >= 0.3 is 0 Å². The number of piperidine rings is 1. The number of nitrogens with zero attached hydrogens (tertiary/aromatic N) is 2. The Bertz CT molecular complexity index is 1050. The maximum Gasteiger partial charge on any atom is 0.243 e. The van der Waals surface area contributed by atoms with E-state index in [4.69, 9.17) is 0 Å². The van der Waals surface area contributed by atoms with Crippen molar-refractivity contribution >= 4 is 43.7 Å². The van der Waals surface area contributed by atoms with Crippen LogP contribution in [0.25, 0.3) is 10.6 Å². The van der Waals surface area contributed by atoms with Gasteiger partial charge in [-0.3, -0.25) is 4.79 Å². The number of thiazole rings is 1. The van der Waals surface area contributed by atoms with Crippen LogP contribution in [0.3, 0.4) is 0 Å². The average molecular weight is 434 g/mol. The molecule has 1 saturated heterocycles. The lowest BCUT2D eigenvalue weighted by atomic mass is 9.99. The fraction of sp³-hybridized carbons (Fsp3) is 0.263. The van der Waals surface area contributed by atoms with Crippen LogP contribution in [0.1, 0.15) is 12.8 Å². The van der Waals surface area contributed by atoms with E-state index < -0.39 is 10.0 Å². The van der Waals surface area contributed by atoms with Crippen molar-refractivity contribution < 1.29 is 13.2 Å². The first kappa shape index (κ1) is 19.3. The van der Waals surface area contributed by atoms with Gasteiger partial charge < -0.3 is 5.32 Å². The predicted molar refractivity (Wildman–Crippen MR) is 112 cm³/mol. The number of nitrogens with one attached hydrogen (secondary N) is 1. The summed E-state index contributed by atoms with van der Waals surface area (Å²) in [5.74, 6) is -0.568. The second-order valence-electron chi connectivity index (χ2n) is 6.52. The van der Waals surface area contributed by atoms with Crippen LogP contribution in [0.15, 0.2) is 58.1 Å². The number of rotatable bonds is 5. The van der Waals surface area contributed by atoms with Gasteiger partial charge in [-0.05, 0) is 36.4 Å². The van der Waals surface area contributed by atoms with Crippen LogP contribution in [0.2, 0.25) is 0 Å². The zero-order valence-electron chi connectivity index (χ0n) is 14.9. The van der Waals surface area contributed by atoms with Crippen molar-refractivity contribution in [1.29, 1.82) is 0 Å². The van der Waals surface area contributed by atoms with Crippen LogP contribution < -0.4 is 5.32 Å². The van der Waals surface area contributed by atoms with Gasteiger partial charge in [-0.15, -0.1) is 22.7 Å². The number of sulfonamides is 1. The molecule has 1 aromatic carbocycles. The second-order valence-corrected chi connectivity index (χ2v) is 10.3. The first-order valence-corrected chi connectivity index (χ1v) is 12.1. The van der Waals surface area contributed by atoms with Crippen LogP contribution in [-0.4, -0.2) is 36.7 Å². The summed E-state index contributed by atoms with van der Waals surface area (Å²) in [6.07, 6.45) is 1.32. The largest absolute Gasteiger partial charge is 0.302 e. The van der Waals surface area contributed by atoms with E-state index in [9.17, 15) is 13.2 Å². The number of carbonyl (C=O) groups is 1. The van der Waals surface area contributed by atoms with Gasteiger partial charge in [-0.2, -0.15) is 4.31 Å². The standard InChI is InChI=1S/C19H19N3O3S3/c23-18(21-19-20-16(13-27-19)17-9-5-11-26-17)14-6-4-10-22(12-14)28(24,25)15-7-2-1-3-8-15/h1-3,5,7-9,11,13-14H,4,6,10,12H2,(H,20,21,23). The lowest BCUT2D eigenvalue weighted by Crippen LogP contribution is -2.43. The van der Waals surface area contributed by atoms with Crippen molar-refractivity contribution in [1.82, 2.24) is 9.29 Å². The van der Waals surface area contributed by atoms with Crippen molar-refractivity contribution in [3.05, 3.63) is 53.2 Å². The topological polar surface area (TPSA) is 79.4 Å². The summed E-state index contributed by atoms with van der Waals surface area (Å²) in [5.41, 5.74) is 0.840. The molecule has 0 aliphatic carbocycles. The molecule has 9 heteroatoms. The molecule has 146 valence electrons. The highest BCUT2D eigenvalue weighted by atomic mass is 32.2. The number of hydrogen-bond donors (Lipinski definition) is 1. The van der Waals surface area contributed by atoms with Crippen molar-refractivity contribution in [2.24, 2.45) is 5.92 Å². The Morgan fingerprint density at radius 3 is 2.71 bits per heavy atom. The minimum atomic E-state index is -3.59. The fourth-order valence-corrected chi connectivity index (χ4v) is 6.21. The molecule has 4 rings (SSSR count). The van der Waals surface area contributed by atoms with Crippen LogP contribution >= 0.6 is 22.7 Å². The zero-order valence-corrected chi connectivity index (χ0v) is 17.4. The molecule has 0 bridgehead atoms. The molecule has 0 saturated carbocycles. The maximum atomic E-state index is 12.8.